The number of likely N-dealkylation sites (N-methyl/N-ethyl adjacent to an activating group) is 1. The van der Waals surface area contributed by atoms with Crippen LogP contribution < -0.4 is 11.1 Å². The van der Waals surface area contributed by atoms with Crippen molar-refractivity contribution in [3.63, 3.8) is 0 Å². The van der Waals surface area contributed by atoms with Crippen LogP contribution in [-0.2, 0) is 38.1 Å². The Balaban J connectivity index is 1.12. The van der Waals surface area contributed by atoms with Gasteiger partial charge in [0.2, 0.25) is 0 Å². The number of nitrogen functional groups attached to an aromatic ring is 1. The van der Waals surface area contributed by atoms with Crippen LogP contribution in [0.2, 0.25) is 5.02 Å². The molecule has 3 fully saturated rings. The van der Waals surface area contributed by atoms with Gasteiger partial charge >= 0.3 is 24.3 Å². The number of likely N-dealkylation sites (tertiary alicyclic amines) is 3. The van der Waals surface area contributed by atoms with Gasteiger partial charge in [0, 0.05) is 63.5 Å². The summed E-state index contributed by atoms with van der Waals surface area (Å²) in [5.74, 6) is -0.774. The third-order valence-corrected chi connectivity index (χ3v) is 11.9. The minimum Gasteiger partial charge on any atom is -0.463 e. The summed E-state index contributed by atoms with van der Waals surface area (Å²) in [4.78, 5) is 63.1. The van der Waals surface area contributed by atoms with Crippen molar-refractivity contribution in [2.24, 2.45) is 0 Å². The van der Waals surface area contributed by atoms with Gasteiger partial charge in [-0.2, -0.15) is 13.2 Å². The number of esters is 1. The predicted octanol–water partition coefficient (Wildman–Crippen LogP) is 5.49. The average molecular weight is 820 g/mol. The maximum atomic E-state index is 14.2. The number of anilines is 2. The van der Waals surface area contributed by atoms with Gasteiger partial charge in [0.15, 0.2) is 6.10 Å². The number of rotatable bonds is 10. The van der Waals surface area contributed by atoms with Crippen molar-refractivity contribution in [1.29, 1.82) is 0 Å². The molecule has 4 aliphatic rings. The number of ether oxygens (including phenoxy) is 2. The van der Waals surface area contributed by atoms with E-state index in [2.05, 4.69) is 10.2 Å². The first-order valence-electron chi connectivity index (χ1n) is 19.8. The van der Waals surface area contributed by atoms with Crippen molar-refractivity contribution in [3.05, 3.63) is 58.1 Å². The lowest BCUT2D eigenvalue weighted by molar-refractivity contribution is -0.154. The summed E-state index contributed by atoms with van der Waals surface area (Å²) >= 11 is 6.15. The van der Waals surface area contributed by atoms with Crippen molar-refractivity contribution in [2.75, 3.05) is 77.6 Å². The molecule has 17 heteroatoms. The summed E-state index contributed by atoms with van der Waals surface area (Å²) in [6.45, 7) is 3.30. The SMILES string of the molecule is CN(C)CCOC(=O)[C@@H]1CCCCN1C1CCN(C(=O)[C@@H](Cc2cc(Cl)c(N)c(C(F)(F)F)c2)OC(=O)N2CCC(N3CCc4ccccc4NC3=O)CC2)CC1. The third-order valence-electron chi connectivity index (χ3n) is 11.6. The number of para-hydroxylation sites is 1. The van der Waals surface area contributed by atoms with E-state index in [-0.39, 0.29) is 60.2 Å². The summed E-state index contributed by atoms with van der Waals surface area (Å²) in [5.41, 5.74) is 5.79. The lowest BCUT2D eigenvalue weighted by atomic mass is 9.94. The molecule has 2 aromatic carbocycles. The van der Waals surface area contributed by atoms with Crippen LogP contribution in [0.15, 0.2) is 36.4 Å². The molecule has 2 aromatic rings. The lowest BCUT2D eigenvalue weighted by Crippen LogP contribution is -2.56. The minimum atomic E-state index is -4.80. The fourth-order valence-corrected chi connectivity index (χ4v) is 8.65. The molecule has 57 heavy (non-hydrogen) atoms. The number of amides is 4. The van der Waals surface area contributed by atoms with Crippen LogP contribution in [0.4, 0.5) is 34.1 Å². The number of nitrogens with zero attached hydrogens (tertiary/aromatic N) is 5. The molecule has 13 nitrogen and oxygen atoms in total. The van der Waals surface area contributed by atoms with E-state index in [1.54, 1.807) is 9.80 Å². The van der Waals surface area contributed by atoms with E-state index in [9.17, 15) is 32.3 Å². The molecule has 2 atom stereocenters. The van der Waals surface area contributed by atoms with Gasteiger partial charge < -0.3 is 40.1 Å². The van der Waals surface area contributed by atoms with Crippen LogP contribution in [0.5, 0.6) is 0 Å². The van der Waals surface area contributed by atoms with Gasteiger partial charge in [0.05, 0.1) is 16.3 Å². The first-order chi connectivity index (χ1) is 27.2. The van der Waals surface area contributed by atoms with Gasteiger partial charge in [-0.1, -0.05) is 36.2 Å². The Labute approximate surface area is 336 Å². The number of benzene rings is 2. The van der Waals surface area contributed by atoms with E-state index in [0.29, 0.717) is 71.3 Å². The number of piperidine rings is 3. The van der Waals surface area contributed by atoms with Gasteiger partial charge in [-0.05, 0) is 94.9 Å². The summed E-state index contributed by atoms with van der Waals surface area (Å²) < 4.78 is 53.3. The van der Waals surface area contributed by atoms with E-state index >= 15 is 0 Å². The van der Waals surface area contributed by atoms with E-state index in [1.807, 2.05) is 43.3 Å². The fourth-order valence-electron chi connectivity index (χ4n) is 8.40. The van der Waals surface area contributed by atoms with Crippen LogP contribution in [-0.4, -0.2) is 139 Å². The second-order valence-electron chi connectivity index (χ2n) is 15.6. The number of nitrogens with one attached hydrogen (secondary N) is 1. The first-order valence-corrected chi connectivity index (χ1v) is 20.2. The summed E-state index contributed by atoms with van der Waals surface area (Å²) in [5, 5.41) is 2.66. The Morgan fingerprint density at radius 1 is 0.947 bits per heavy atom. The zero-order valence-corrected chi connectivity index (χ0v) is 33.3. The molecule has 4 amide bonds. The molecule has 0 unspecified atom stereocenters. The number of hydrogen-bond donors (Lipinski definition) is 2. The highest BCUT2D eigenvalue weighted by molar-refractivity contribution is 6.33. The number of fused-ring (bicyclic) bond motifs is 1. The van der Waals surface area contributed by atoms with Crippen LogP contribution in [0.3, 0.4) is 0 Å². The van der Waals surface area contributed by atoms with Gasteiger partial charge in [-0.3, -0.25) is 14.5 Å². The van der Waals surface area contributed by atoms with Gasteiger partial charge in [-0.25, -0.2) is 9.59 Å². The topological polar surface area (TPSA) is 141 Å². The fraction of sp³-hybridized carbons (Fsp3) is 0.600. The number of hydrogen-bond acceptors (Lipinski definition) is 9. The van der Waals surface area contributed by atoms with E-state index in [4.69, 9.17) is 26.8 Å². The molecule has 0 spiro atoms. The Bertz CT molecular complexity index is 1770. The smallest absolute Gasteiger partial charge is 0.418 e. The number of urea groups is 1. The van der Waals surface area contributed by atoms with Crippen molar-refractivity contribution >= 4 is 47.0 Å². The molecule has 6 rings (SSSR count). The molecule has 3 saturated heterocycles. The molecular formula is C40H53ClF3N7O6. The largest absolute Gasteiger partial charge is 0.463 e. The molecule has 0 radical (unpaired) electrons. The Morgan fingerprint density at radius 3 is 2.33 bits per heavy atom. The Hall–Kier alpha value is -4.28. The molecule has 0 bridgehead atoms. The maximum absolute atomic E-state index is 14.2. The predicted molar refractivity (Wildman–Crippen MR) is 209 cm³/mol. The first kappa shape index (κ1) is 42.3. The van der Waals surface area contributed by atoms with Gasteiger partial charge in [0.25, 0.3) is 5.91 Å². The van der Waals surface area contributed by atoms with Crippen LogP contribution in [0.25, 0.3) is 0 Å². The van der Waals surface area contributed by atoms with Crippen molar-refractivity contribution in [1.82, 2.24) is 24.5 Å². The molecule has 3 N–H and O–H groups in total. The van der Waals surface area contributed by atoms with Gasteiger partial charge in [-0.15, -0.1) is 0 Å². The second kappa shape index (κ2) is 18.5. The number of carbonyl (C=O) groups excluding carboxylic acids is 4. The Morgan fingerprint density at radius 2 is 1.63 bits per heavy atom. The Kier molecular flexibility index (Phi) is 13.8. The van der Waals surface area contributed by atoms with Crippen molar-refractivity contribution in [2.45, 2.75) is 88.2 Å². The maximum Gasteiger partial charge on any atom is 0.418 e. The molecule has 4 heterocycles. The number of alkyl halides is 3. The third kappa shape index (κ3) is 10.4. The highest BCUT2D eigenvalue weighted by Crippen LogP contribution is 2.38. The molecular weight excluding hydrogens is 767 g/mol. The number of nitrogens with two attached hydrogens (primary N) is 1. The summed E-state index contributed by atoms with van der Waals surface area (Å²) in [7, 11) is 3.82. The van der Waals surface area contributed by atoms with Crippen LogP contribution in [0, 0.1) is 0 Å². The molecule has 4 aliphatic heterocycles. The highest BCUT2D eigenvalue weighted by Gasteiger charge is 2.40. The number of halogens is 4. The van der Waals surface area contributed by atoms with E-state index in [0.717, 1.165) is 36.7 Å². The zero-order chi connectivity index (χ0) is 40.9. The molecule has 0 aromatic heterocycles. The zero-order valence-electron chi connectivity index (χ0n) is 32.6. The number of carbonyl (C=O) groups is 4. The quantitative estimate of drug-likeness (QED) is 0.235. The van der Waals surface area contributed by atoms with E-state index < -0.39 is 35.5 Å². The lowest BCUT2D eigenvalue weighted by Gasteiger charge is -2.44. The van der Waals surface area contributed by atoms with E-state index in [1.165, 1.54) is 11.0 Å². The highest BCUT2D eigenvalue weighted by atomic mass is 35.5. The summed E-state index contributed by atoms with van der Waals surface area (Å²) in [6.07, 6.45) is -2.06. The standard InChI is InChI=1S/C40H53ClF3N7O6/c1-47(2)21-22-56-37(53)33-9-5-6-15-50(33)28-11-16-48(17-12-28)36(52)34(25-26-23-30(40(42,43)44)35(45)31(41)24-26)57-39(55)49-18-13-29(14-19-49)51-20-10-27-7-3-4-8-32(27)46-38(51)54/h3-4,7-8,23-24,28-29,33-34H,5-6,9-22,25,45H2,1-2H3,(H,46,54)/t33-,34+/m0/s1. The van der Waals surface area contributed by atoms with Crippen molar-refractivity contribution in [3.8, 4) is 0 Å². The monoisotopic (exact) mass is 819 g/mol. The second-order valence-corrected chi connectivity index (χ2v) is 16.0. The van der Waals surface area contributed by atoms with Crippen LogP contribution in [0.1, 0.15) is 61.6 Å². The average Bonchev–Trinajstić information content (AvgIpc) is 3.36. The minimum absolute atomic E-state index is 0.0220. The van der Waals surface area contributed by atoms with Crippen molar-refractivity contribution < 1.29 is 41.8 Å². The molecule has 312 valence electrons. The van der Waals surface area contributed by atoms with Gasteiger partial charge in [0.1, 0.15) is 12.6 Å². The molecule has 0 aliphatic carbocycles. The van der Waals surface area contributed by atoms with Crippen LogP contribution >= 0.6 is 11.6 Å². The normalized spacial score (nSPS) is 20.8. The molecule has 0 saturated carbocycles. The summed E-state index contributed by atoms with van der Waals surface area (Å²) in [6, 6.07) is 9.08.